The molecule has 1 saturated heterocycles. The maximum Gasteiger partial charge on any atom is 0.0584 e. The van der Waals surface area contributed by atoms with Crippen LogP contribution in [-0.2, 0) is 13.1 Å². The summed E-state index contributed by atoms with van der Waals surface area (Å²) in [5.74, 6) is 0. The average molecular weight is 234 g/mol. The molecule has 2 rings (SSSR count). The summed E-state index contributed by atoms with van der Waals surface area (Å²) in [6, 6.07) is 4.14. The second kappa shape index (κ2) is 6.10. The summed E-state index contributed by atoms with van der Waals surface area (Å²) in [4.78, 5) is 9.23. The van der Waals surface area contributed by atoms with Gasteiger partial charge >= 0.3 is 0 Å². The molecule has 0 spiro atoms. The van der Waals surface area contributed by atoms with E-state index in [4.69, 9.17) is 5.73 Å². The number of nitrogens with two attached hydrogens (primary N) is 1. The smallest absolute Gasteiger partial charge is 0.0584 e. The van der Waals surface area contributed by atoms with Crippen molar-refractivity contribution in [3.05, 3.63) is 29.6 Å². The molecule has 94 valence electrons. The maximum absolute atomic E-state index is 5.72. The van der Waals surface area contributed by atoms with Gasteiger partial charge in [0.25, 0.3) is 0 Å². The first-order valence-electron chi connectivity index (χ1n) is 6.33. The topological polar surface area (TPSA) is 45.4 Å². The number of hydrogen-bond donors (Lipinski definition) is 1. The van der Waals surface area contributed by atoms with E-state index in [9.17, 15) is 0 Å². The monoisotopic (exact) mass is 234 g/mol. The van der Waals surface area contributed by atoms with E-state index in [-0.39, 0.29) is 0 Å². The summed E-state index contributed by atoms with van der Waals surface area (Å²) in [7, 11) is 2.19. The summed E-state index contributed by atoms with van der Waals surface area (Å²) in [5, 5.41) is 0. The van der Waals surface area contributed by atoms with Gasteiger partial charge < -0.3 is 10.6 Å². The van der Waals surface area contributed by atoms with Crippen LogP contribution in [0.2, 0.25) is 0 Å². The number of hydrogen-bond acceptors (Lipinski definition) is 4. The molecule has 0 unspecified atom stereocenters. The molecule has 0 atom stereocenters. The summed E-state index contributed by atoms with van der Waals surface area (Å²) < 4.78 is 0. The maximum atomic E-state index is 5.72. The first-order chi connectivity index (χ1) is 8.29. The lowest BCUT2D eigenvalue weighted by Crippen LogP contribution is -2.29. The number of aromatic nitrogens is 1. The molecule has 4 heteroatoms. The Bertz CT molecular complexity index is 353. The van der Waals surface area contributed by atoms with Crippen LogP contribution in [0.5, 0.6) is 0 Å². The Labute approximate surface area is 103 Å². The number of pyridine rings is 1. The molecule has 1 aliphatic rings. The van der Waals surface area contributed by atoms with Crippen molar-refractivity contribution in [3.8, 4) is 0 Å². The van der Waals surface area contributed by atoms with E-state index in [0.717, 1.165) is 25.3 Å². The predicted molar refractivity (Wildman–Crippen MR) is 69.5 cm³/mol. The molecule has 17 heavy (non-hydrogen) atoms. The van der Waals surface area contributed by atoms with Gasteiger partial charge in [0.1, 0.15) is 0 Å². The second-order valence-electron chi connectivity index (χ2n) is 4.75. The molecule has 1 aromatic heterocycles. The Kier molecular flexibility index (Phi) is 4.48. The quantitative estimate of drug-likeness (QED) is 0.835. The minimum atomic E-state index is 0.532. The van der Waals surface area contributed by atoms with E-state index in [0.29, 0.717) is 6.54 Å². The fourth-order valence-electron chi connectivity index (χ4n) is 2.30. The van der Waals surface area contributed by atoms with Crippen LogP contribution in [0.3, 0.4) is 0 Å². The predicted octanol–water partition coefficient (Wildman–Crippen LogP) is 0.678. The van der Waals surface area contributed by atoms with E-state index in [1.165, 1.54) is 25.1 Å². The van der Waals surface area contributed by atoms with Crippen LogP contribution < -0.4 is 5.73 Å². The van der Waals surface area contributed by atoms with Crippen LogP contribution in [0.25, 0.3) is 0 Å². The lowest BCUT2D eigenvalue weighted by atomic mass is 10.1. The fourth-order valence-corrected chi connectivity index (χ4v) is 2.30. The highest BCUT2D eigenvalue weighted by atomic mass is 15.2. The van der Waals surface area contributed by atoms with Crippen LogP contribution in [0.15, 0.2) is 18.3 Å². The molecule has 4 nitrogen and oxygen atoms in total. The Morgan fingerprint density at radius 3 is 3.00 bits per heavy atom. The molecule has 1 aliphatic heterocycles. The van der Waals surface area contributed by atoms with Gasteiger partial charge in [0.15, 0.2) is 0 Å². The van der Waals surface area contributed by atoms with Crippen molar-refractivity contribution in [1.29, 1.82) is 0 Å². The van der Waals surface area contributed by atoms with Crippen molar-refractivity contribution in [2.75, 3.05) is 33.2 Å². The van der Waals surface area contributed by atoms with E-state index < -0.39 is 0 Å². The van der Waals surface area contributed by atoms with Gasteiger partial charge in [0.05, 0.1) is 5.69 Å². The summed E-state index contributed by atoms with van der Waals surface area (Å²) in [5.41, 5.74) is 8.03. The number of likely N-dealkylation sites (N-methyl/N-ethyl adjacent to an activating group) is 1. The van der Waals surface area contributed by atoms with Crippen molar-refractivity contribution in [2.45, 2.75) is 19.5 Å². The largest absolute Gasteiger partial charge is 0.325 e. The Hall–Kier alpha value is -0.970. The SMILES string of the molecule is CN1CCCN(Cc2cccnc2CN)CC1. The molecule has 0 radical (unpaired) electrons. The summed E-state index contributed by atoms with van der Waals surface area (Å²) in [6.45, 7) is 6.17. The molecule has 1 fully saturated rings. The minimum Gasteiger partial charge on any atom is -0.325 e. The van der Waals surface area contributed by atoms with Crippen molar-refractivity contribution >= 4 is 0 Å². The third-order valence-electron chi connectivity index (χ3n) is 3.38. The van der Waals surface area contributed by atoms with Crippen LogP contribution in [0, 0.1) is 0 Å². The van der Waals surface area contributed by atoms with Gasteiger partial charge in [-0.05, 0) is 38.2 Å². The van der Waals surface area contributed by atoms with Crippen molar-refractivity contribution < 1.29 is 0 Å². The van der Waals surface area contributed by atoms with Gasteiger partial charge in [0.2, 0.25) is 0 Å². The summed E-state index contributed by atoms with van der Waals surface area (Å²) in [6.07, 6.45) is 3.07. The summed E-state index contributed by atoms with van der Waals surface area (Å²) >= 11 is 0. The molecule has 0 aromatic carbocycles. The van der Waals surface area contributed by atoms with Crippen molar-refractivity contribution in [3.63, 3.8) is 0 Å². The minimum absolute atomic E-state index is 0.532. The van der Waals surface area contributed by atoms with Gasteiger partial charge in [0, 0.05) is 32.4 Å². The fraction of sp³-hybridized carbons (Fsp3) is 0.615. The first kappa shape index (κ1) is 12.5. The molecule has 1 aromatic rings. The third-order valence-corrected chi connectivity index (χ3v) is 3.38. The van der Waals surface area contributed by atoms with Crippen molar-refractivity contribution in [1.82, 2.24) is 14.8 Å². The zero-order chi connectivity index (χ0) is 12.1. The Balaban J connectivity index is 1.99. The average Bonchev–Trinajstić information content (AvgIpc) is 2.55. The highest BCUT2D eigenvalue weighted by molar-refractivity contribution is 5.19. The molecule has 0 amide bonds. The number of nitrogens with zero attached hydrogens (tertiary/aromatic N) is 3. The molecular weight excluding hydrogens is 212 g/mol. The normalized spacial score (nSPS) is 19.2. The highest BCUT2D eigenvalue weighted by Gasteiger charge is 2.13. The molecule has 2 N–H and O–H groups in total. The Morgan fingerprint density at radius 1 is 1.29 bits per heavy atom. The lowest BCUT2D eigenvalue weighted by molar-refractivity contribution is 0.268. The molecule has 0 aliphatic carbocycles. The number of rotatable bonds is 3. The zero-order valence-electron chi connectivity index (χ0n) is 10.6. The molecule has 0 saturated carbocycles. The highest BCUT2D eigenvalue weighted by Crippen LogP contribution is 2.10. The lowest BCUT2D eigenvalue weighted by Gasteiger charge is -2.21. The van der Waals surface area contributed by atoms with Crippen LogP contribution >= 0.6 is 0 Å². The van der Waals surface area contributed by atoms with Crippen molar-refractivity contribution in [2.24, 2.45) is 5.73 Å². The van der Waals surface area contributed by atoms with Gasteiger partial charge in [-0.3, -0.25) is 9.88 Å². The molecule has 2 heterocycles. The first-order valence-corrected chi connectivity index (χ1v) is 6.33. The molecule has 0 bridgehead atoms. The van der Waals surface area contributed by atoms with Gasteiger partial charge in [-0.25, -0.2) is 0 Å². The van der Waals surface area contributed by atoms with Crippen LogP contribution in [-0.4, -0.2) is 48.0 Å². The Morgan fingerprint density at radius 2 is 2.18 bits per heavy atom. The van der Waals surface area contributed by atoms with Gasteiger partial charge in [-0.15, -0.1) is 0 Å². The third kappa shape index (κ3) is 3.49. The van der Waals surface area contributed by atoms with Crippen LogP contribution in [0.1, 0.15) is 17.7 Å². The van der Waals surface area contributed by atoms with Crippen LogP contribution in [0.4, 0.5) is 0 Å². The van der Waals surface area contributed by atoms with Gasteiger partial charge in [-0.1, -0.05) is 6.07 Å². The van der Waals surface area contributed by atoms with E-state index in [2.05, 4.69) is 27.9 Å². The standard InChI is InChI=1S/C13H22N4/c1-16-6-3-7-17(9-8-16)11-12-4-2-5-15-13(12)10-14/h2,4-5H,3,6-11,14H2,1H3. The van der Waals surface area contributed by atoms with E-state index in [1.807, 2.05) is 12.3 Å². The second-order valence-corrected chi connectivity index (χ2v) is 4.75. The zero-order valence-corrected chi connectivity index (χ0v) is 10.6. The van der Waals surface area contributed by atoms with Gasteiger partial charge in [-0.2, -0.15) is 0 Å². The van der Waals surface area contributed by atoms with E-state index >= 15 is 0 Å². The van der Waals surface area contributed by atoms with E-state index in [1.54, 1.807) is 0 Å². The molecular formula is C13H22N4.